The molecule has 2 amide bonds. The molecule has 0 aliphatic carbocycles. The van der Waals surface area contributed by atoms with Gasteiger partial charge in [0.15, 0.2) is 0 Å². The molecule has 0 bridgehead atoms. The monoisotopic (exact) mass is 241 g/mol. The predicted octanol–water partition coefficient (Wildman–Crippen LogP) is 0.0837. The van der Waals surface area contributed by atoms with Crippen molar-refractivity contribution in [3.63, 3.8) is 0 Å². The van der Waals surface area contributed by atoms with Gasteiger partial charge in [0.1, 0.15) is 0 Å². The van der Waals surface area contributed by atoms with Crippen molar-refractivity contribution in [3.05, 3.63) is 0 Å². The van der Waals surface area contributed by atoms with Crippen LogP contribution >= 0.6 is 0 Å². The number of carbonyl (C=O) groups is 2. The van der Waals surface area contributed by atoms with E-state index in [0.717, 1.165) is 12.8 Å². The largest absolute Gasteiger partial charge is 0.369 e. The number of nitrogens with two attached hydrogens (primary N) is 2. The summed E-state index contributed by atoms with van der Waals surface area (Å²) in [4.78, 5) is 25.0. The van der Waals surface area contributed by atoms with Crippen molar-refractivity contribution in [1.29, 1.82) is 0 Å². The van der Waals surface area contributed by atoms with Gasteiger partial charge in [-0.25, -0.2) is 0 Å². The molecule has 1 aliphatic heterocycles. The molecule has 1 heterocycles. The van der Waals surface area contributed by atoms with E-state index in [0.29, 0.717) is 13.1 Å². The molecule has 2 atom stereocenters. The Bertz CT molecular complexity index is 309. The minimum Gasteiger partial charge on any atom is -0.369 e. The third-order valence-electron chi connectivity index (χ3n) is 3.33. The van der Waals surface area contributed by atoms with Crippen LogP contribution in [0.25, 0.3) is 0 Å². The van der Waals surface area contributed by atoms with E-state index in [4.69, 9.17) is 11.5 Å². The summed E-state index contributed by atoms with van der Waals surface area (Å²) in [6.45, 7) is 6.89. The number of hydrogen-bond donors (Lipinski definition) is 2. The first-order chi connectivity index (χ1) is 7.73. The Labute approximate surface area is 103 Å². The zero-order valence-electron chi connectivity index (χ0n) is 10.9. The molecule has 1 saturated heterocycles. The molecule has 1 aliphatic rings. The van der Waals surface area contributed by atoms with Crippen molar-refractivity contribution in [1.82, 2.24) is 4.90 Å². The molecule has 0 spiro atoms. The van der Waals surface area contributed by atoms with Crippen molar-refractivity contribution in [3.8, 4) is 0 Å². The van der Waals surface area contributed by atoms with E-state index >= 15 is 0 Å². The summed E-state index contributed by atoms with van der Waals surface area (Å²) in [6, 6.07) is -0.533. The molecule has 0 aromatic carbocycles. The average molecular weight is 241 g/mol. The normalized spacial score (nSPS) is 23.3. The highest BCUT2D eigenvalue weighted by Crippen LogP contribution is 2.22. The van der Waals surface area contributed by atoms with Crippen molar-refractivity contribution >= 4 is 11.8 Å². The van der Waals surface area contributed by atoms with Crippen molar-refractivity contribution in [2.45, 2.75) is 39.7 Å². The Morgan fingerprint density at radius 3 is 2.41 bits per heavy atom. The van der Waals surface area contributed by atoms with Crippen LogP contribution in [0.3, 0.4) is 0 Å². The molecule has 0 saturated carbocycles. The lowest BCUT2D eigenvalue weighted by Gasteiger charge is -2.36. The topological polar surface area (TPSA) is 89.4 Å². The van der Waals surface area contributed by atoms with Crippen molar-refractivity contribution in [2.24, 2.45) is 22.8 Å². The summed E-state index contributed by atoms with van der Waals surface area (Å²) in [7, 11) is 0. The maximum Gasteiger partial charge on any atom is 0.240 e. The SMILES string of the molecule is CC(C)(C)[C@@H](N)C(=O)N1CCCC(C(N)=O)C1. The van der Waals surface area contributed by atoms with E-state index in [2.05, 4.69) is 0 Å². The fourth-order valence-corrected chi connectivity index (χ4v) is 1.98. The third-order valence-corrected chi connectivity index (χ3v) is 3.33. The fourth-order valence-electron chi connectivity index (χ4n) is 1.98. The van der Waals surface area contributed by atoms with E-state index in [9.17, 15) is 9.59 Å². The molecule has 0 aromatic rings. The summed E-state index contributed by atoms with van der Waals surface area (Å²) >= 11 is 0. The second-order valence-electron chi connectivity index (χ2n) is 5.87. The Kier molecular flexibility index (Phi) is 4.14. The lowest BCUT2D eigenvalue weighted by molar-refractivity contribution is -0.138. The van der Waals surface area contributed by atoms with Crippen LogP contribution in [0.5, 0.6) is 0 Å². The highest BCUT2D eigenvalue weighted by molar-refractivity contribution is 5.84. The highest BCUT2D eigenvalue weighted by Gasteiger charge is 2.34. The van der Waals surface area contributed by atoms with Gasteiger partial charge in [-0.15, -0.1) is 0 Å². The Morgan fingerprint density at radius 2 is 1.94 bits per heavy atom. The molecule has 98 valence electrons. The third kappa shape index (κ3) is 3.43. The molecular weight excluding hydrogens is 218 g/mol. The first kappa shape index (κ1) is 14.0. The van der Waals surface area contributed by atoms with Gasteiger partial charge < -0.3 is 16.4 Å². The zero-order chi connectivity index (χ0) is 13.2. The van der Waals surface area contributed by atoms with Gasteiger partial charge in [0.05, 0.1) is 12.0 Å². The van der Waals surface area contributed by atoms with Gasteiger partial charge in [-0.1, -0.05) is 20.8 Å². The smallest absolute Gasteiger partial charge is 0.240 e. The Hall–Kier alpha value is -1.10. The predicted molar refractivity (Wildman–Crippen MR) is 65.9 cm³/mol. The number of piperidine rings is 1. The number of hydrogen-bond acceptors (Lipinski definition) is 3. The molecule has 1 rings (SSSR count). The molecule has 0 aromatic heterocycles. The zero-order valence-corrected chi connectivity index (χ0v) is 10.9. The minimum atomic E-state index is -0.533. The fraction of sp³-hybridized carbons (Fsp3) is 0.833. The molecule has 4 N–H and O–H groups in total. The summed E-state index contributed by atoms with van der Waals surface area (Å²) in [5, 5.41) is 0. The van der Waals surface area contributed by atoms with E-state index in [1.54, 1.807) is 4.90 Å². The number of amides is 2. The van der Waals surface area contributed by atoms with Crippen LogP contribution in [-0.2, 0) is 9.59 Å². The summed E-state index contributed by atoms with van der Waals surface area (Å²) in [6.07, 6.45) is 1.58. The minimum absolute atomic E-state index is 0.0801. The number of rotatable bonds is 2. The van der Waals surface area contributed by atoms with Gasteiger partial charge in [0.25, 0.3) is 0 Å². The van der Waals surface area contributed by atoms with E-state index in [1.807, 2.05) is 20.8 Å². The quantitative estimate of drug-likeness (QED) is 0.717. The second-order valence-corrected chi connectivity index (χ2v) is 5.87. The maximum absolute atomic E-state index is 12.2. The van der Waals surface area contributed by atoms with Gasteiger partial charge in [-0.05, 0) is 18.3 Å². The van der Waals surface area contributed by atoms with Crippen LogP contribution in [0.4, 0.5) is 0 Å². The first-order valence-corrected chi connectivity index (χ1v) is 6.07. The molecule has 5 nitrogen and oxygen atoms in total. The van der Waals surface area contributed by atoms with Gasteiger partial charge in [-0.2, -0.15) is 0 Å². The molecule has 0 radical (unpaired) electrons. The van der Waals surface area contributed by atoms with Gasteiger partial charge >= 0.3 is 0 Å². The molecule has 1 unspecified atom stereocenters. The number of likely N-dealkylation sites (tertiary alicyclic amines) is 1. The molecule has 1 fully saturated rings. The first-order valence-electron chi connectivity index (χ1n) is 6.07. The highest BCUT2D eigenvalue weighted by atomic mass is 16.2. The second kappa shape index (κ2) is 5.04. The maximum atomic E-state index is 12.2. The number of carbonyl (C=O) groups excluding carboxylic acids is 2. The molecule has 5 heteroatoms. The number of nitrogens with zero attached hydrogens (tertiary/aromatic N) is 1. The number of primary amides is 1. The van der Waals surface area contributed by atoms with Crippen LogP contribution in [0, 0.1) is 11.3 Å². The summed E-state index contributed by atoms with van der Waals surface area (Å²) in [5.74, 6) is -0.629. The molecular formula is C12H23N3O2. The average Bonchev–Trinajstić information content (AvgIpc) is 2.26. The summed E-state index contributed by atoms with van der Waals surface area (Å²) in [5.41, 5.74) is 11.0. The van der Waals surface area contributed by atoms with Crippen LogP contribution < -0.4 is 11.5 Å². The van der Waals surface area contributed by atoms with E-state index in [1.165, 1.54) is 0 Å². The van der Waals surface area contributed by atoms with Crippen molar-refractivity contribution in [2.75, 3.05) is 13.1 Å². The van der Waals surface area contributed by atoms with Crippen LogP contribution in [0.1, 0.15) is 33.6 Å². The lowest BCUT2D eigenvalue weighted by Crippen LogP contribution is -2.54. The van der Waals surface area contributed by atoms with Crippen LogP contribution in [0.15, 0.2) is 0 Å². The van der Waals surface area contributed by atoms with Crippen molar-refractivity contribution < 1.29 is 9.59 Å². The van der Waals surface area contributed by atoms with Gasteiger partial charge in [0, 0.05) is 13.1 Å². The lowest BCUT2D eigenvalue weighted by atomic mass is 9.85. The standard InChI is InChI=1S/C12H23N3O2/c1-12(2,3)9(13)11(17)15-6-4-5-8(7-15)10(14)16/h8-9H,4-7,13H2,1-3H3,(H2,14,16)/t8?,9-/m0/s1. The van der Waals surface area contributed by atoms with Crippen LogP contribution in [-0.4, -0.2) is 35.8 Å². The summed E-state index contributed by atoms with van der Waals surface area (Å²) < 4.78 is 0. The van der Waals surface area contributed by atoms with Crippen LogP contribution in [0.2, 0.25) is 0 Å². The van der Waals surface area contributed by atoms with E-state index in [-0.39, 0.29) is 23.1 Å². The van der Waals surface area contributed by atoms with E-state index < -0.39 is 6.04 Å². The Balaban J connectivity index is 2.67. The Morgan fingerprint density at radius 1 is 1.35 bits per heavy atom. The van der Waals surface area contributed by atoms with Gasteiger partial charge in [-0.3, -0.25) is 9.59 Å². The van der Waals surface area contributed by atoms with Gasteiger partial charge in [0.2, 0.25) is 11.8 Å². The molecule has 17 heavy (non-hydrogen) atoms.